The number of thiazole rings is 1. The molecule has 0 aliphatic heterocycles. The van der Waals surface area contributed by atoms with Crippen molar-refractivity contribution >= 4 is 28.8 Å². The molecule has 1 aromatic heterocycles. The number of anilines is 1. The molecule has 1 heterocycles. The molecule has 0 aliphatic rings. The molecule has 3 rings (SSSR count). The molecule has 1 atom stereocenters. The first-order chi connectivity index (χ1) is 13.1. The Morgan fingerprint density at radius 2 is 1.78 bits per heavy atom. The summed E-state index contributed by atoms with van der Waals surface area (Å²) in [4.78, 5) is 28.9. The van der Waals surface area contributed by atoms with Gasteiger partial charge in [-0.15, -0.1) is 11.3 Å². The summed E-state index contributed by atoms with van der Waals surface area (Å²) < 4.78 is 0. The van der Waals surface area contributed by atoms with Crippen molar-refractivity contribution in [1.82, 2.24) is 10.3 Å². The molecule has 1 unspecified atom stereocenters. The highest BCUT2D eigenvalue weighted by Gasteiger charge is 2.15. The average molecular weight is 379 g/mol. The lowest BCUT2D eigenvalue weighted by atomic mass is 10.1. The number of benzene rings is 2. The number of nitrogens with zero attached hydrogens (tertiary/aromatic N) is 1. The van der Waals surface area contributed by atoms with Gasteiger partial charge in [-0.25, -0.2) is 4.98 Å². The van der Waals surface area contributed by atoms with Crippen molar-refractivity contribution in [2.24, 2.45) is 0 Å². The van der Waals surface area contributed by atoms with Gasteiger partial charge in [0, 0.05) is 17.7 Å². The third-order valence-electron chi connectivity index (χ3n) is 4.11. The van der Waals surface area contributed by atoms with Crippen LogP contribution in [0.25, 0.3) is 10.6 Å². The molecular weight excluding hydrogens is 358 g/mol. The van der Waals surface area contributed by atoms with E-state index in [0.717, 1.165) is 21.8 Å². The van der Waals surface area contributed by atoms with Crippen LogP contribution >= 0.6 is 11.3 Å². The van der Waals surface area contributed by atoms with Gasteiger partial charge < -0.3 is 10.6 Å². The van der Waals surface area contributed by atoms with E-state index in [-0.39, 0.29) is 17.9 Å². The van der Waals surface area contributed by atoms with Crippen LogP contribution in [-0.2, 0) is 4.79 Å². The molecule has 5 nitrogen and oxygen atoms in total. The van der Waals surface area contributed by atoms with E-state index in [0.29, 0.717) is 11.3 Å². The van der Waals surface area contributed by atoms with Crippen LogP contribution in [0.2, 0.25) is 0 Å². The summed E-state index contributed by atoms with van der Waals surface area (Å²) in [5, 5.41) is 6.63. The minimum atomic E-state index is -0.157. The Balaban J connectivity index is 1.64. The maximum atomic E-state index is 12.5. The number of rotatable bonds is 6. The Hall–Kier alpha value is -2.99. The summed E-state index contributed by atoms with van der Waals surface area (Å²) in [6, 6.07) is 17.1. The Kier molecular flexibility index (Phi) is 5.98. The molecule has 0 fully saturated rings. The van der Waals surface area contributed by atoms with Crippen LogP contribution < -0.4 is 10.6 Å². The second-order valence-electron chi connectivity index (χ2n) is 6.11. The molecule has 0 saturated carbocycles. The van der Waals surface area contributed by atoms with Gasteiger partial charge in [-0.05, 0) is 24.6 Å². The fourth-order valence-electron chi connectivity index (χ4n) is 2.55. The van der Waals surface area contributed by atoms with E-state index in [9.17, 15) is 9.59 Å². The lowest BCUT2D eigenvalue weighted by molar-refractivity contribution is -0.115. The predicted molar refractivity (Wildman–Crippen MR) is 109 cm³/mol. The summed E-state index contributed by atoms with van der Waals surface area (Å²) in [6.07, 6.45) is 2.05. The fourth-order valence-corrected chi connectivity index (χ4v) is 3.37. The maximum Gasteiger partial charge on any atom is 0.263 e. The lowest BCUT2D eigenvalue weighted by Gasteiger charge is -2.14. The number of hydrogen-bond acceptors (Lipinski definition) is 4. The van der Waals surface area contributed by atoms with Gasteiger partial charge in [-0.3, -0.25) is 9.59 Å². The van der Waals surface area contributed by atoms with Crippen molar-refractivity contribution < 1.29 is 9.59 Å². The zero-order valence-corrected chi connectivity index (χ0v) is 16.0. The molecule has 6 heteroatoms. The number of carbonyl (C=O) groups excluding carboxylic acids is 2. The first-order valence-electron chi connectivity index (χ1n) is 8.78. The smallest absolute Gasteiger partial charge is 0.263 e. The molecular formula is C21H21N3O2S. The average Bonchev–Trinajstić information content (AvgIpc) is 3.19. The van der Waals surface area contributed by atoms with Gasteiger partial charge in [-0.2, -0.15) is 0 Å². The van der Waals surface area contributed by atoms with E-state index in [1.54, 1.807) is 6.20 Å². The zero-order chi connectivity index (χ0) is 19.2. The minimum absolute atomic E-state index is 0.0245. The third-order valence-corrected chi connectivity index (χ3v) is 5.16. The highest BCUT2D eigenvalue weighted by molar-refractivity contribution is 7.16. The molecule has 3 aromatic rings. The van der Waals surface area contributed by atoms with Crippen LogP contribution in [0.5, 0.6) is 0 Å². The van der Waals surface area contributed by atoms with Crippen LogP contribution in [-0.4, -0.2) is 16.8 Å². The van der Waals surface area contributed by atoms with Crippen molar-refractivity contribution in [1.29, 1.82) is 0 Å². The van der Waals surface area contributed by atoms with E-state index >= 15 is 0 Å². The second-order valence-corrected chi connectivity index (χ2v) is 7.15. The highest BCUT2D eigenvalue weighted by Crippen LogP contribution is 2.25. The van der Waals surface area contributed by atoms with Gasteiger partial charge in [0.25, 0.3) is 5.91 Å². The molecule has 0 bridgehead atoms. The molecule has 2 amide bonds. The molecule has 0 saturated heterocycles. The Bertz CT molecular complexity index is 920. The number of carbonyl (C=O) groups is 2. The minimum Gasteiger partial charge on any atom is -0.345 e. The summed E-state index contributed by atoms with van der Waals surface area (Å²) in [5.41, 5.74) is 2.71. The Morgan fingerprint density at radius 1 is 1.07 bits per heavy atom. The monoisotopic (exact) mass is 379 g/mol. The molecule has 0 spiro atoms. The third kappa shape index (κ3) is 4.80. The number of hydrogen-bond donors (Lipinski definition) is 2. The van der Waals surface area contributed by atoms with Gasteiger partial charge in [0.15, 0.2) is 0 Å². The van der Waals surface area contributed by atoms with E-state index < -0.39 is 0 Å². The summed E-state index contributed by atoms with van der Waals surface area (Å²) in [6.45, 7) is 3.74. The van der Waals surface area contributed by atoms with Crippen molar-refractivity contribution in [2.75, 3.05) is 5.32 Å². The van der Waals surface area contributed by atoms with Crippen LogP contribution in [0.1, 0.15) is 41.5 Å². The van der Waals surface area contributed by atoms with Crippen LogP contribution in [0.15, 0.2) is 60.8 Å². The van der Waals surface area contributed by atoms with Gasteiger partial charge in [-0.1, -0.05) is 49.4 Å². The van der Waals surface area contributed by atoms with Gasteiger partial charge >= 0.3 is 0 Å². The van der Waals surface area contributed by atoms with Crippen molar-refractivity contribution in [3.63, 3.8) is 0 Å². The maximum absolute atomic E-state index is 12.5. The highest BCUT2D eigenvalue weighted by atomic mass is 32.1. The quantitative estimate of drug-likeness (QED) is 0.655. The van der Waals surface area contributed by atoms with Gasteiger partial charge in [0.1, 0.15) is 9.88 Å². The van der Waals surface area contributed by atoms with Crippen molar-refractivity contribution in [3.05, 3.63) is 71.2 Å². The molecule has 2 aromatic carbocycles. The SMILES string of the molecule is CCC(=O)Nc1ccc(C(C)NC(=O)c2cnc(-c3ccccc3)s2)cc1. The molecule has 2 N–H and O–H groups in total. The summed E-state index contributed by atoms with van der Waals surface area (Å²) in [7, 11) is 0. The molecule has 0 aliphatic carbocycles. The van der Waals surface area contributed by atoms with E-state index in [1.165, 1.54) is 11.3 Å². The van der Waals surface area contributed by atoms with Crippen molar-refractivity contribution in [3.8, 4) is 10.6 Å². The number of aromatic nitrogens is 1. The van der Waals surface area contributed by atoms with E-state index in [4.69, 9.17) is 0 Å². The van der Waals surface area contributed by atoms with E-state index in [1.807, 2.05) is 68.4 Å². The van der Waals surface area contributed by atoms with Gasteiger partial charge in [0.05, 0.1) is 12.2 Å². The summed E-state index contributed by atoms with van der Waals surface area (Å²) in [5.74, 6) is -0.172. The zero-order valence-electron chi connectivity index (χ0n) is 15.2. The van der Waals surface area contributed by atoms with Crippen LogP contribution in [0, 0.1) is 0 Å². The second kappa shape index (κ2) is 8.60. The van der Waals surface area contributed by atoms with Crippen LogP contribution in [0.4, 0.5) is 5.69 Å². The number of nitrogens with one attached hydrogen (secondary N) is 2. The first kappa shape index (κ1) is 18.8. The predicted octanol–water partition coefficient (Wildman–Crippen LogP) is 4.65. The van der Waals surface area contributed by atoms with Crippen molar-refractivity contribution in [2.45, 2.75) is 26.3 Å². The fraction of sp³-hybridized carbons (Fsp3) is 0.190. The standard InChI is InChI=1S/C21H21N3O2S/c1-3-19(25)24-17-11-9-15(10-12-17)14(2)23-20(26)18-13-22-21(27-18)16-7-5-4-6-8-16/h4-14H,3H2,1-2H3,(H,23,26)(H,24,25). The van der Waals surface area contributed by atoms with E-state index in [2.05, 4.69) is 15.6 Å². The normalized spacial score (nSPS) is 11.6. The number of amides is 2. The molecule has 0 radical (unpaired) electrons. The topological polar surface area (TPSA) is 71.1 Å². The van der Waals surface area contributed by atoms with Crippen LogP contribution in [0.3, 0.4) is 0 Å². The van der Waals surface area contributed by atoms with Gasteiger partial charge in [0.2, 0.25) is 5.91 Å². The lowest BCUT2D eigenvalue weighted by Crippen LogP contribution is -2.25. The Morgan fingerprint density at radius 3 is 2.44 bits per heavy atom. The summed E-state index contributed by atoms with van der Waals surface area (Å²) >= 11 is 1.37. The molecule has 138 valence electrons. The Labute approximate surface area is 162 Å². The molecule has 27 heavy (non-hydrogen) atoms. The largest absolute Gasteiger partial charge is 0.345 e. The first-order valence-corrected chi connectivity index (χ1v) is 9.60.